The highest BCUT2D eigenvalue weighted by Crippen LogP contribution is 2.18. The lowest BCUT2D eigenvalue weighted by Gasteiger charge is -2.35. The van der Waals surface area contributed by atoms with Crippen LogP contribution in [0.4, 0.5) is 5.69 Å². The highest BCUT2D eigenvalue weighted by atomic mass is 32.2. The second-order valence-corrected chi connectivity index (χ2v) is 9.41. The Balaban J connectivity index is 1.38. The lowest BCUT2D eigenvalue weighted by atomic mass is 10.2. The molecule has 1 atom stereocenters. The van der Waals surface area contributed by atoms with Crippen molar-refractivity contribution < 1.29 is 9.59 Å². The Morgan fingerprint density at radius 1 is 1.14 bits per heavy atom. The molecule has 150 valence electrons. The van der Waals surface area contributed by atoms with E-state index in [0.29, 0.717) is 0 Å². The third kappa shape index (κ3) is 6.09. The molecule has 1 unspecified atom stereocenters. The van der Waals surface area contributed by atoms with E-state index in [2.05, 4.69) is 27.7 Å². The van der Waals surface area contributed by atoms with Crippen LogP contribution in [-0.4, -0.2) is 58.8 Å². The Bertz CT molecular complexity index is 769. The number of carbonyl (C=O) groups is 2. The van der Waals surface area contributed by atoms with Crippen LogP contribution in [-0.2, 0) is 16.1 Å². The first-order valence-corrected chi connectivity index (χ1v) is 11.5. The Kier molecular flexibility index (Phi) is 7.53. The lowest BCUT2D eigenvalue weighted by Crippen LogP contribution is -2.50. The third-order valence-electron chi connectivity index (χ3n) is 4.79. The van der Waals surface area contributed by atoms with Crippen molar-refractivity contribution >= 4 is 40.6 Å². The second-order valence-electron chi connectivity index (χ2n) is 7.05. The summed E-state index contributed by atoms with van der Waals surface area (Å²) in [6.07, 6.45) is 0. The van der Waals surface area contributed by atoms with Crippen molar-refractivity contribution in [1.82, 2.24) is 9.80 Å². The predicted octanol–water partition coefficient (Wildman–Crippen LogP) is 3.46. The van der Waals surface area contributed by atoms with Gasteiger partial charge in [-0.2, -0.15) is 0 Å². The molecule has 1 fully saturated rings. The molecule has 2 amide bonds. The van der Waals surface area contributed by atoms with Gasteiger partial charge in [-0.25, -0.2) is 0 Å². The number of benzene rings is 1. The van der Waals surface area contributed by atoms with Crippen LogP contribution in [0.15, 0.2) is 41.8 Å². The molecule has 0 spiro atoms. The quantitative estimate of drug-likeness (QED) is 0.750. The molecule has 28 heavy (non-hydrogen) atoms. The first-order valence-electron chi connectivity index (χ1n) is 9.53. The van der Waals surface area contributed by atoms with E-state index in [9.17, 15) is 9.59 Å². The monoisotopic (exact) mass is 417 g/mol. The number of anilines is 1. The number of nitrogens with one attached hydrogen (secondary N) is 1. The number of rotatable bonds is 7. The van der Waals surface area contributed by atoms with Crippen molar-refractivity contribution in [3.05, 3.63) is 52.2 Å². The van der Waals surface area contributed by atoms with Crippen LogP contribution in [0.2, 0.25) is 0 Å². The minimum atomic E-state index is -0.215. The lowest BCUT2D eigenvalue weighted by molar-refractivity contribution is -0.132. The molecule has 1 aliphatic heterocycles. The van der Waals surface area contributed by atoms with E-state index in [0.717, 1.165) is 44.0 Å². The standard InChI is InChI=1S/C21H27N3O2S2/c1-16-5-7-18(8-6-16)22-20(25)15-28-17(2)21(26)24-11-9-23(10-12-24)14-19-4-3-13-27-19/h3-8,13,17H,9-12,14-15H2,1-2H3,(H,22,25). The van der Waals surface area contributed by atoms with E-state index in [4.69, 9.17) is 0 Å². The zero-order valence-electron chi connectivity index (χ0n) is 16.4. The summed E-state index contributed by atoms with van der Waals surface area (Å²) in [6, 6.07) is 11.9. The zero-order chi connectivity index (χ0) is 19.9. The van der Waals surface area contributed by atoms with Crippen molar-refractivity contribution in [2.24, 2.45) is 0 Å². The highest BCUT2D eigenvalue weighted by Gasteiger charge is 2.25. The number of thiophene rings is 1. The molecule has 1 aromatic carbocycles. The van der Waals surface area contributed by atoms with Gasteiger partial charge in [-0.15, -0.1) is 23.1 Å². The largest absolute Gasteiger partial charge is 0.339 e. The maximum atomic E-state index is 12.7. The number of aryl methyl sites for hydroxylation is 1. The Morgan fingerprint density at radius 2 is 1.86 bits per heavy atom. The molecule has 0 radical (unpaired) electrons. The normalized spacial score (nSPS) is 16.0. The molecule has 3 rings (SSSR count). The van der Waals surface area contributed by atoms with Crippen LogP contribution in [0.3, 0.4) is 0 Å². The van der Waals surface area contributed by atoms with Crippen molar-refractivity contribution in [3.8, 4) is 0 Å². The molecule has 0 aliphatic carbocycles. The van der Waals surface area contributed by atoms with E-state index < -0.39 is 0 Å². The van der Waals surface area contributed by atoms with Crippen molar-refractivity contribution in [2.75, 3.05) is 37.2 Å². The van der Waals surface area contributed by atoms with Gasteiger partial charge in [0.1, 0.15) is 0 Å². The predicted molar refractivity (Wildman–Crippen MR) is 118 cm³/mol. The summed E-state index contributed by atoms with van der Waals surface area (Å²) in [5, 5.41) is 4.76. The Morgan fingerprint density at radius 3 is 2.50 bits per heavy atom. The van der Waals surface area contributed by atoms with Crippen LogP contribution >= 0.6 is 23.1 Å². The number of carbonyl (C=O) groups excluding carboxylic acids is 2. The van der Waals surface area contributed by atoms with Crippen molar-refractivity contribution in [2.45, 2.75) is 25.6 Å². The molecule has 7 heteroatoms. The van der Waals surface area contributed by atoms with E-state index >= 15 is 0 Å². The average molecular weight is 418 g/mol. The van der Waals surface area contributed by atoms with Crippen LogP contribution < -0.4 is 5.32 Å². The molecule has 2 aromatic rings. The highest BCUT2D eigenvalue weighted by molar-refractivity contribution is 8.01. The number of thioether (sulfide) groups is 1. The van der Waals surface area contributed by atoms with Crippen LogP contribution in [0, 0.1) is 6.92 Å². The molecule has 2 heterocycles. The summed E-state index contributed by atoms with van der Waals surface area (Å²) in [6.45, 7) is 8.17. The summed E-state index contributed by atoms with van der Waals surface area (Å²) in [4.78, 5) is 30.5. The second kappa shape index (κ2) is 10.1. The number of nitrogens with zero attached hydrogens (tertiary/aromatic N) is 2. The first kappa shape index (κ1) is 20.9. The number of hydrogen-bond donors (Lipinski definition) is 1. The van der Waals surface area contributed by atoms with Gasteiger partial charge < -0.3 is 10.2 Å². The summed E-state index contributed by atoms with van der Waals surface area (Å²) < 4.78 is 0. The third-order valence-corrected chi connectivity index (χ3v) is 6.78. The Labute approximate surface area is 175 Å². The first-order chi connectivity index (χ1) is 13.5. The van der Waals surface area contributed by atoms with Gasteiger partial charge in [0.15, 0.2) is 0 Å². The van der Waals surface area contributed by atoms with E-state index in [1.54, 1.807) is 11.3 Å². The van der Waals surface area contributed by atoms with Crippen molar-refractivity contribution in [3.63, 3.8) is 0 Å². The molecule has 1 aliphatic rings. The van der Waals surface area contributed by atoms with Gasteiger partial charge in [0.05, 0.1) is 11.0 Å². The molecule has 0 bridgehead atoms. The van der Waals surface area contributed by atoms with E-state index in [1.165, 1.54) is 16.6 Å². The number of amides is 2. The zero-order valence-corrected chi connectivity index (χ0v) is 18.0. The van der Waals surface area contributed by atoms with Crippen LogP contribution in [0.1, 0.15) is 17.4 Å². The van der Waals surface area contributed by atoms with Gasteiger partial charge >= 0.3 is 0 Å². The van der Waals surface area contributed by atoms with Crippen LogP contribution in [0.25, 0.3) is 0 Å². The fourth-order valence-electron chi connectivity index (χ4n) is 3.11. The smallest absolute Gasteiger partial charge is 0.235 e. The molecule has 0 saturated carbocycles. The molecule has 1 N–H and O–H groups in total. The SMILES string of the molecule is Cc1ccc(NC(=O)CSC(C)C(=O)N2CCN(Cc3cccs3)CC2)cc1. The summed E-state index contributed by atoms with van der Waals surface area (Å²) in [5.74, 6) is 0.331. The van der Waals surface area contributed by atoms with Crippen LogP contribution in [0.5, 0.6) is 0 Å². The topological polar surface area (TPSA) is 52.7 Å². The van der Waals surface area contributed by atoms with Gasteiger partial charge in [-0.3, -0.25) is 14.5 Å². The maximum absolute atomic E-state index is 12.7. The molecule has 1 aromatic heterocycles. The van der Waals surface area contributed by atoms with Gasteiger partial charge in [-0.05, 0) is 37.4 Å². The van der Waals surface area contributed by atoms with Gasteiger partial charge in [-0.1, -0.05) is 23.8 Å². The fourth-order valence-corrected chi connectivity index (χ4v) is 4.62. The molecular formula is C21H27N3O2S2. The minimum absolute atomic E-state index is 0.0747. The number of piperazine rings is 1. The molecule has 1 saturated heterocycles. The van der Waals surface area contributed by atoms with Gasteiger partial charge in [0.2, 0.25) is 11.8 Å². The minimum Gasteiger partial charge on any atom is -0.339 e. The summed E-state index contributed by atoms with van der Waals surface area (Å²) in [7, 11) is 0. The van der Waals surface area contributed by atoms with Gasteiger partial charge in [0, 0.05) is 43.3 Å². The summed E-state index contributed by atoms with van der Waals surface area (Å²) >= 11 is 3.17. The summed E-state index contributed by atoms with van der Waals surface area (Å²) in [5.41, 5.74) is 1.94. The van der Waals surface area contributed by atoms with Gasteiger partial charge in [0.25, 0.3) is 0 Å². The number of hydrogen-bond acceptors (Lipinski definition) is 5. The molecule has 5 nitrogen and oxygen atoms in total. The fraction of sp³-hybridized carbons (Fsp3) is 0.429. The maximum Gasteiger partial charge on any atom is 0.235 e. The molecular weight excluding hydrogens is 390 g/mol. The van der Waals surface area contributed by atoms with E-state index in [1.807, 2.05) is 43.0 Å². The average Bonchev–Trinajstić information content (AvgIpc) is 3.21. The van der Waals surface area contributed by atoms with E-state index in [-0.39, 0.29) is 22.8 Å². The Hall–Kier alpha value is -1.83. The van der Waals surface area contributed by atoms with Crippen molar-refractivity contribution in [1.29, 1.82) is 0 Å².